The molecule has 0 fully saturated rings. The first kappa shape index (κ1) is 12.1. The number of aliphatic hydroxyl groups is 1. The van der Waals surface area contributed by atoms with Crippen LogP contribution < -0.4 is 0 Å². The van der Waals surface area contributed by atoms with Crippen LogP contribution in [0.3, 0.4) is 0 Å². The maximum atomic E-state index is 11.5. The molecule has 0 aliphatic heterocycles. The molecule has 1 aromatic heterocycles. The second-order valence-electron chi connectivity index (χ2n) is 2.87. The van der Waals surface area contributed by atoms with Gasteiger partial charge in [-0.15, -0.1) is 11.8 Å². The van der Waals surface area contributed by atoms with Crippen LogP contribution in [0, 0.1) is 0 Å². The van der Waals surface area contributed by atoms with Gasteiger partial charge in [-0.25, -0.2) is 0 Å². The summed E-state index contributed by atoms with van der Waals surface area (Å²) in [6, 6.07) is 3.30. The fourth-order valence-electron chi connectivity index (χ4n) is 1.19. The first-order valence-corrected chi connectivity index (χ1v) is 5.90. The van der Waals surface area contributed by atoms with Gasteiger partial charge in [0.25, 0.3) is 0 Å². The molecule has 0 aliphatic carbocycles. The van der Waals surface area contributed by atoms with Crippen molar-refractivity contribution in [3.8, 4) is 0 Å². The Hall–Kier alpha value is -0.940. The molecule has 0 saturated heterocycles. The van der Waals surface area contributed by atoms with Crippen LogP contribution in [0.15, 0.2) is 22.8 Å². The molecule has 0 radical (unpaired) electrons. The van der Waals surface area contributed by atoms with E-state index in [0.29, 0.717) is 12.4 Å². The van der Waals surface area contributed by atoms with Gasteiger partial charge in [-0.2, -0.15) is 0 Å². The number of hydrogen-bond acceptors (Lipinski definition) is 5. The molecule has 1 heterocycles. The number of carbonyl (C=O) groups excluding carboxylic acids is 1. The van der Waals surface area contributed by atoms with Crippen molar-refractivity contribution in [3.05, 3.63) is 24.2 Å². The molecular weight excluding hydrogens is 216 g/mol. The number of thioether (sulfide) groups is 1. The monoisotopic (exact) mass is 230 g/mol. The lowest BCUT2D eigenvalue weighted by Crippen LogP contribution is -2.26. The molecule has 0 saturated carbocycles. The van der Waals surface area contributed by atoms with E-state index in [-0.39, 0.29) is 0 Å². The molecule has 0 aliphatic rings. The van der Waals surface area contributed by atoms with Crippen LogP contribution in [0.25, 0.3) is 0 Å². The molecule has 0 aromatic carbocycles. The van der Waals surface area contributed by atoms with Gasteiger partial charge in [0.1, 0.15) is 17.1 Å². The number of furan rings is 1. The predicted octanol–water partition coefficient (Wildman–Crippen LogP) is 1.61. The van der Waals surface area contributed by atoms with Gasteiger partial charge in [-0.1, -0.05) is 0 Å². The molecule has 2 atom stereocenters. The highest BCUT2D eigenvalue weighted by Gasteiger charge is 2.30. The highest BCUT2D eigenvalue weighted by atomic mass is 32.2. The third-order valence-corrected chi connectivity index (χ3v) is 2.85. The largest absolute Gasteiger partial charge is 0.467 e. The Morgan fingerprint density at radius 2 is 2.47 bits per heavy atom. The molecule has 0 unspecified atom stereocenters. The number of esters is 1. The second-order valence-corrected chi connectivity index (χ2v) is 3.85. The lowest BCUT2D eigenvalue weighted by atomic mass is 10.2. The first-order chi connectivity index (χ1) is 7.20. The van der Waals surface area contributed by atoms with Crippen molar-refractivity contribution < 1.29 is 19.1 Å². The Morgan fingerprint density at radius 1 is 1.73 bits per heavy atom. The maximum absolute atomic E-state index is 11.5. The zero-order valence-electron chi connectivity index (χ0n) is 8.67. The Balaban J connectivity index is 2.70. The van der Waals surface area contributed by atoms with E-state index in [4.69, 9.17) is 9.15 Å². The van der Waals surface area contributed by atoms with Crippen molar-refractivity contribution >= 4 is 17.7 Å². The summed E-state index contributed by atoms with van der Waals surface area (Å²) in [4.78, 5) is 11.5. The number of ether oxygens (including phenoxy) is 1. The Bertz CT molecular complexity index is 296. The molecule has 1 rings (SSSR count). The maximum Gasteiger partial charge on any atom is 0.322 e. The zero-order chi connectivity index (χ0) is 11.3. The van der Waals surface area contributed by atoms with E-state index < -0.39 is 17.3 Å². The SMILES string of the molecule is CCOC(=O)[C@@H](SC)[C@H](O)c1ccco1. The predicted molar refractivity (Wildman–Crippen MR) is 57.6 cm³/mol. The minimum Gasteiger partial charge on any atom is -0.467 e. The fraction of sp³-hybridized carbons (Fsp3) is 0.500. The van der Waals surface area contributed by atoms with Crippen LogP contribution >= 0.6 is 11.8 Å². The molecule has 1 aromatic rings. The van der Waals surface area contributed by atoms with Gasteiger partial charge in [-0.05, 0) is 25.3 Å². The topological polar surface area (TPSA) is 59.7 Å². The smallest absolute Gasteiger partial charge is 0.322 e. The molecule has 4 nitrogen and oxygen atoms in total. The van der Waals surface area contributed by atoms with E-state index in [1.165, 1.54) is 18.0 Å². The van der Waals surface area contributed by atoms with Crippen molar-refractivity contribution in [1.29, 1.82) is 0 Å². The number of carbonyl (C=O) groups is 1. The van der Waals surface area contributed by atoms with Crippen LogP contribution in [0.2, 0.25) is 0 Å². The van der Waals surface area contributed by atoms with Gasteiger partial charge < -0.3 is 14.3 Å². The zero-order valence-corrected chi connectivity index (χ0v) is 9.49. The third-order valence-electron chi connectivity index (χ3n) is 1.89. The summed E-state index contributed by atoms with van der Waals surface area (Å²) in [5, 5.41) is 9.21. The van der Waals surface area contributed by atoms with Gasteiger partial charge in [-0.3, -0.25) is 4.79 Å². The van der Waals surface area contributed by atoms with Crippen LogP contribution in [0.5, 0.6) is 0 Å². The Labute approximate surface area is 92.6 Å². The highest BCUT2D eigenvalue weighted by Crippen LogP contribution is 2.26. The lowest BCUT2D eigenvalue weighted by Gasteiger charge is -2.17. The quantitative estimate of drug-likeness (QED) is 0.779. The summed E-state index contributed by atoms with van der Waals surface area (Å²) in [6.07, 6.45) is 2.24. The van der Waals surface area contributed by atoms with Crippen LogP contribution in [-0.2, 0) is 9.53 Å². The van der Waals surface area contributed by atoms with Gasteiger partial charge in [0.2, 0.25) is 0 Å². The average molecular weight is 230 g/mol. The van der Waals surface area contributed by atoms with Crippen molar-refractivity contribution in [2.45, 2.75) is 18.3 Å². The van der Waals surface area contributed by atoms with Crippen molar-refractivity contribution in [2.24, 2.45) is 0 Å². The second kappa shape index (κ2) is 5.82. The highest BCUT2D eigenvalue weighted by molar-refractivity contribution is 7.99. The molecule has 0 bridgehead atoms. The first-order valence-electron chi connectivity index (χ1n) is 4.61. The van der Waals surface area contributed by atoms with Crippen LogP contribution in [0.1, 0.15) is 18.8 Å². The molecule has 0 spiro atoms. The van der Waals surface area contributed by atoms with E-state index in [1.807, 2.05) is 0 Å². The molecule has 5 heteroatoms. The summed E-state index contributed by atoms with van der Waals surface area (Å²) in [5.74, 6) is -0.0451. The Morgan fingerprint density at radius 3 is 2.93 bits per heavy atom. The van der Waals surface area contributed by atoms with E-state index >= 15 is 0 Å². The van der Waals surface area contributed by atoms with Crippen LogP contribution in [-0.4, -0.2) is 29.2 Å². The molecule has 84 valence electrons. The summed E-state index contributed by atoms with van der Waals surface area (Å²) in [5.41, 5.74) is 0. The van der Waals surface area contributed by atoms with Gasteiger partial charge in [0.05, 0.1) is 12.9 Å². The molecule has 1 N–H and O–H groups in total. The number of rotatable bonds is 5. The lowest BCUT2D eigenvalue weighted by molar-refractivity contribution is -0.144. The van der Waals surface area contributed by atoms with E-state index in [0.717, 1.165) is 0 Å². The number of aliphatic hydroxyl groups excluding tert-OH is 1. The summed E-state index contributed by atoms with van der Waals surface area (Å²) in [7, 11) is 0. The third kappa shape index (κ3) is 3.00. The van der Waals surface area contributed by atoms with Gasteiger partial charge >= 0.3 is 5.97 Å². The normalized spacial score (nSPS) is 14.6. The minimum absolute atomic E-state index is 0.306. The molecular formula is C10H14O4S. The Kier molecular flexibility index (Phi) is 4.71. The van der Waals surface area contributed by atoms with E-state index in [9.17, 15) is 9.90 Å². The summed E-state index contributed by atoms with van der Waals surface area (Å²) in [6.45, 7) is 2.04. The molecule has 0 amide bonds. The molecule has 15 heavy (non-hydrogen) atoms. The summed E-state index contributed by atoms with van der Waals surface area (Å²) >= 11 is 1.24. The average Bonchev–Trinajstić information content (AvgIpc) is 2.71. The van der Waals surface area contributed by atoms with Crippen molar-refractivity contribution in [2.75, 3.05) is 12.9 Å². The van der Waals surface area contributed by atoms with Crippen LogP contribution in [0.4, 0.5) is 0 Å². The van der Waals surface area contributed by atoms with Gasteiger partial charge in [0.15, 0.2) is 0 Å². The van der Waals surface area contributed by atoms with E-state index in [2.05, 4.69) is 0 Å². The van der Waals surface area contributed by atoms with Gasteiger partial charge in [0, 0.05) is 0 Å². The number of hydrogen-bond donors (Lipinski definition) is 1. The van der Waals surface area contributed by atoms with E-state index in [1.54, 1.807) is 25.3 Å². The fourth-order valence-corrected chi connectivity index (χ4v) is 1.84. The summed E-state index contributed by atoms with van der Waals surface area (Å²) < 4.78 is 9.89. The van der Waals surface area contributed by atoms with Crippen molar-refractivity contribution in [1.82, 2.24) is 0 Å². The minimum atomic E-state index is -0.964. The van der Waals surface area contributed by atoms with Crippen molar-refractivity contribution in [3.63, 3.8) is 0 Å². The standard InChI is InChI=1S/C10H14O4S/c1-3-13-10(12)9(15-2)8(11)7-5-4-6-14-7/h4-6,8-9,11H,3H2,1-2H3/t8-,9+/m1/s1.